The number of hydrogen-bond donors (Lipinski definition) is 1. The smallest absolute Gasteiger partial charge is 0.324 e. The van der Waals surface area contributed by atoms with Crippen LogP contribution in [0.25, 0.3) is 0 Å². The van der Waals surface area contributed by atoms with Gasteiger partial charge in [-0.05, 0) is 31.0 Å². The van der Waals surface area contributed by atoms with Crippen LogP contribution in [0.2, 0.25) is 0 Å². The predicted octanol–water partition coefficient (Wildman–Crippen LogP) is 3.03. The summed E-state index contributed by atoms with van der Waals surface area (Å²) in [7, 11) is 0. The van der Waals surface area contributed by atoms with Crippen LogP contribution in [0.5, 0.6) is 0 Å². The Bertz CT molecular complexity index is 329. The minimum absolute atomic E-state index is 0.224. The first-order valence-electron chi connectivity index (χ1n) is 4.25. The van der Waals surface area contributed by atoms with Gasteiger partial charge in [-0.1, -0.05) is 12.1 Å². The fraction of sp³-hybridized carbons (Fsp3) is 0.400. The third-order valence-corrected chi connectivity index (χ3v) is 2.09. The molecule has 0 heterocycles. The van der Waals surface area contributed by atoms with Gasteiger partial charge in [-0.3, -0.25) is 0 Å². The quantitative estimate of drug-likeness (QED) is 0.745. The van der Waals surface area contributed by atoms with Gasteiger partial charge in [0, 0.05) is 6.04 Å². The highest BCUT2D eigenvalue weighted by atomic mass is 19.4. The lowest BCUT2D eigenvalue weighted by molar-refractivity contribution is -0.138. The molecule has 0 amide bonds. The molecule has 2 N–H and O–H groups in total. The minimum atomic E-state index is -4.30. The molecule has 0 fully saturated rings. The zero-order chi connectivity index (χ0) is 10.9. The van der Waals surface area contributed by atoms with Gasteiger partial charge in [0.25, 0.3) is 0 Å². The Hall–Kier alpha value is -1.03. The van der Waals surface area contributed by atoms with Gasteiger partial charge in [0.05, 0.1) is 5.56 Å². The molecule has 0 unspecified atom stereocenters. The maximum atomic E-state index is 12.5. The Morgan fingerprint density at radius 2 is 1.86 bits per heavy atom. The van der Waals surface area contributed by atoms with Crippen LogP contribution in [0.3, 0.4) is 0 Å². The summed E-state index contributed by atoms with van der Waals surface area (Å²) in [6.45, 7) is 3.10. The number of halogens is 3. The van der Waals surface area contributed by atoms with Crippen molar-refractivity contribution in [1.29, 1.82) is 0 Å². The van der Waals surface area contributed by atoms with E-state index in [4.69, 9.17) is 5.73 Å². The van der Waals surface area contributed by atoms with Gasteiger partial charge in [0.1, 0.15) is 0 Å². The summed E-state index contributed by atoms with van der Waals surface area (Å²) in [4.78, 5) is 0. The summed E-state index contributed by atoms with van der Waals surface area (Å²) in [5.74, 6) is 0. The molecule has 0 aliphatic carbocycles. The number of aryl methyl sites for hydroxylation is 1. The molecule has 0 radical (unpaired) electrons. The standard InChI is InChI=1S/C10H12F3N/c1-6-3-4-8(7(2)14)5-9(6)10(11,12)13/h3-5,7H,14H2,1-2H3/t7-/m1/s1. The highest BCUT2D eigenvalue weighted by Gasteiger charge is 2.32. The molecule has 1 nitrogen and oxygen atoms in total. The molecule has 0 saturated heterocycles. The van der Waals surface area contributed by atoms with Crippen LogP contribution in [0.4, 0.5) is 13.2 Å². The average molecular weight is 203 g/mol. The Kier molecular flexibility index (Phi) is 2.85. The van der Waals surface area contributed by atoms with Crippen LogP contribution < -0.4 is 5.73 Å². The first kappa shape index (κ1) is 11.0. The molecule has 0 aliphatic rings. The van der Waals surface area contributed by atoms with Crippen molar-refractivity contribution >= 4 is 0 Å². The maximum absolute atomic E-state index is 12.5. The monoisotopic (exact) mass is 203 g/mol. The van der Waals surface area contributed by atoms with E-state index in [9.17, 15) is 13.2 Å². The Balaban J connectivity index is 3.22. The van der Waals surface area contributed by atoms with Gasteiger partial charge in [-0.15, -0.1) is 0 Å². The van der Waals surface area contributed by atoms with Crippen molar-refractivity contribution in [2.75, 3.05) is 0 Å². The van der Waals surface area contributed by atoms with Gasteiger partial charge >= 0.3 is 6.18 Å². The molecule has 1 rings (SSSR count). The van der Waals surface area contributed by atoms with E-state index in [1.165, 1.54) is 13.0 Å². The zero-order valence-electron chi connectivity index (χ0n) is 8.02. The van der Waals surface area contributed by atoms with Crippen LogP contribution in [0.15, 0.2) is 18.2 Å². The molecular weight excluding hydrogens is 191 g/mol. The average Bonchev–Trinajstić information content (AvgIpc) is 2.02. The number of benzene rings is 1. The largest absolute Gasteiger partial charge is 0.416 e. The van der Waals surface area contributed by atoms with E-state index in [0.717, 1.165) is 6.07 Å². The summed E-state index contributed by atoms with van der Waals surface area (Å²) in [5.41, 5.74) is 5.63. The molecule has 0 aromatic heterocycles. The molecule has 0 aliphatic heterocycles. The van der Waals surface area contributed by atoms with Gasteiger partial charge in [0.2, 0.25) is 0 Å². The highest BCUT2D eigenvalue weighted by molar-refractivity contribution is 5.34. The molecule has 78 valence electrons. The lowest BCUT2D eigenvalue weighted by Gasteiger charge is -2.13. The summed E-state index contributed by atoms with van der Waals surface area (Å²) in [6, 6.07) is 3.80. The molecule has 1 aromatic rings. The van der Waals surface area contributed by atoms with Crippen LogP contribution in [0.1, 0.15) is 29.7 Å². The number of nitrogens with two attached hydrogens (primary N) is 1. The summed E-state index contributed by atoms with van der Waals surface area (Å²) in [5, 5.41) is 0. The molecule has 0 spiro atoms. The highest BCUT2D eigenvalue weighted by Crippen LogP contribution is 2.33. The van der Waals surface area contributed by atoms with Crippen molar-refractivity contribution in [2.45, 2.75) is 26.1 Å². The van der Waals surface area contributed by atoms with Gasteiger partial charge in [-0.25, -0.2) is 0 Å². The third-order valence-electron chi connectivity index (χ3n) is 2.09. The molecule has 14 heavy (non-hydrogen) atoms. The summed E-state index contributed by atoms with van der Waals surface area (Å²) < 4.78 is 37.4. The van der Waals surface area contributed by atoms with E-state index >= 15 is 0 Å². The Labute approximate surface area is 80.7 Å². The van der Waals surface area contributed by atoms with Crippen molar-refractivity contribution in [2.24, 2.45) is 5.73 Å². The number of rotatable bonds is 1. The zero-order valence-corrected chi connectivity index (χ0v) is 8.02. The van der Waals surface area contributed by atoms with E-state index in [1.54, 1.807) is 13.0 Å². The second-order valence-corrected chi connectivity index (χ2v) is 3.36. The Morgan fingerprint density at radius 3 is 2.29 bits per heavy atom. The van der Waals surface area contributed by atoms with E-state index in [2.05, 4.69) is 0 Å². The normalized spacial score (nSPS) is 14.1. The molecule has 4 heteroatoms. The summed E-state index contributed by atoms with van der Waals surface area (Å²) in [6.07, 6.45) is -4.30. The van der Waals surface area contributed by atoms with Gasteiger partial charge in [0.15, 0.2) is 0 Å². The van der Waals surface area contributed by atoms with Crippen molar-refractivity contribution < 1.29 is 13.2 Å². The van der Waals surface area contributed by atoms with E-state index in [0.29, 0.717) is 5.56 Å². The van der Waals surface area contributed by atoms with Crippen molar-refractivity contribution in [3.05, 3.63) is 34.9 Å². The molecular formula is C10H12F3N. The lowest BCUT2D eigenvalue weighted by Crippen LogP contribution is -2.11. The molecule has 1 atom stereocenters. The van der Waals surface area contributed by atoms with Crippen LogP contribution in [-0.4, -0.2) is 0 Å². The fourth-order valence-electron chi connectivity index (χ4n) is 1.23. The van der Waals surface area contributed by atoms with E-state index in [-0.39, 0.29) is 11.6 Å². The van der Waals surface area contributed by atoms with Crippen molar-refractivity contribution in [3.8, 4) is 0 Å². The molecule has 0 saturated carbocycles. The maximum Gasteiger partial charge on any atom is 0.416 e. The van der Waals surface area contributed by atoms with Gasteiger partial charge in [-0.2, -0.15) is 13.2 Å². The fourth-order valence-corrected chi connectivity index (χ4v) is 1.23. The van der Waals surface area contributed by atoms with Crippen molar-refractivity contribution in [1.82, 2.24) is 0 Å². The molecule has 0 bridgehead atoms. The topological polar surface area (TPSA) is 26.0 Å². The van der Waals surface area contributed by atoms with Gasteiger partial charge < -0.3 is 5.73 Å². The van der Waals surface area contributed by atoms with E-state index < -0.39 is 11.7 Å². The predicted molar refractivity (Wildman–Crippen MR) is 48.8 cm³/mol. The first-order chi connectivity index (χ1) is 6.32. The van der Waals surface area contributed by atoms with Crippen LogP contribution in [0, 0.1) is 6.92 Å². The second-order valence-electron chi connectivity index (χ2n) is 3.36. The van der Waals surface area contributed by atoms with Crippen LogP contribution >= 0.6 is 0 Å². The lowest BCUT2D eigenvalue weighted by atomic mass is 10.0. The van der Waals surface area contributed by atoms with E-state index in [1.807, 2.05) is 0 Å². The number of hydrogen-bond acceptors (Lipinski definition) is 1. The Morgan fingerprint density at radius 1 is 1.29 bits per heavy atom. The molecule has 1 aromatic carbocycles. The first-order valence-corrected chi connectivity index (χ1v) is 4.25. The SMILES string of the molecule is Cc1ccc([C@@H](C)N)cc1C(F)(F)F. The number of alkyl halides is 3. The van der Waals surface area contributed by atoms with Crippen molar-refractivity contribution in [3.63, 3.8) is 0 Å². The summed E-state index contributed by atoms with van der Waals surface area (Å²) >= 11 is 0. The van der Waals surface area contributed by atoms with Crippen LogP contribution in [-0.2, 0) is 6.18 Å². The third kappa shape index (κ3) is 2.26. The second kappa shape index (κ2) is 3.61. The minimum Gasteiger partial charge on any atom is -0.324 e.